The first kappa shape index (κ1) is 14.5. The lowest BCUT2D eigenvalue weighted by Crippen LogP contribution is -2.07. The summed E-state index contributed by atoms with van der Waals surface area (Å²) in [5, 5.41) is 3.15. The molecule has 0 heterocycles. The molecule has 1 aromatic carbocycles. The molecule has 1 aromatic rings. The number of thioether (sulfide) groups is 1. The van der Waals surface area contributed by atoms with Crippen LogP contribution in [0.3, 0.4) is 0 Å². The highest BCUT2D eigenvalue weighted by atomic mass is 32.2. The van der Waals surface area contributed by atoms with Crippen molar-refractivity contribution in [3.8, 4) is 0 Å². The third-order valence-electron chi connectivity index (χ3n) is 2.78. The minimum atomic E-state index is -0.136. The van der Waals surface area contributed by atoms with Crippen LogP contribution in [-0.4, -0.2) is 19.3 Å². The maximum Gasteiger partial charge on any atom is 0.123 e. The molecule has 0 saturated carbocycles. The zero-order chi connectivity index (χ0) is 12.5. The number of halogens is 1. The molecule has 0 amide bonds. The largest absolute Gasteiger partial charge is 0.320 e. The number of hydrogen-bond donors (Lipinski definition) is 1. The Bertz CT molecular complexity index is 328. The molecule has 0 unspecified atom stereocenters. The van der Waals surface area contributed by atoms with E-state index in [-0.39, 0.29) is 5.82 Å². The van der Waals surface area contributed by atoms with Gasteiger partial charge in [-0.1, -0.05) is 12.5 Å². The minimum absolute atomic E-state index is 0.136. The first-order valence-corrected chi connectivity index (χ1v) is 7.37. The number of aryl methyl sites for hydroxylation is 1. The van der Waals surface area contributed by atoms with Crippen molar-refractivity contribution in [2.75, 3.05) is 19.3 Å². The Hall–Kier alpha value is -0.540. The number of nitrogens with one attached hydrogen (secondary N) is 1. The number of hydrogen-bond acceptors (Lipinski definition) is 2. The van der Waals surface area contributed by atoms with Crippen LogP contribution in [0.25, 0.3) is 0 Å². The van der Waals surface area contributed by atoms with Crippen LogP contribution in [0.5, 0.6) is 0 Å². The molecule has 0 atom stereocenters. The molecule has 1 rings (SSSR count). The van der Waals surface area contributed by atoms with Gasteiger partial charge >= 0.3 is 0 Å². The highest BCUT2D eigenvalue weighted by Gasteiger charge is 2.00. The zero-order valence-electron chi connectivity index (χ0n) is 10.8. The second-order valence-corrected chi connectivity index (χ2v) is 5.39. The third kappa shape index (κ3) is 6.08. The molecule has 3 heteroatoms. The molecule has 0 aromatic heterocycles. The van der Waals surface area contributed by atoms with Gasteiger partial charge in [0.15, 0.2) is 0 Å². The van der Waals surface area contributed by atoms with Gasteiger partial charge in [0.05, 0.1) is 0 Å². The van der Waals surface area contributed by atoms with Crippen molar-refractivity contribution >= 4 is 11.8 Å². The Balaban J connectivity index is 2.14. The van der Waals surface area contributed by atoms with Gasteiger partial charge in [0.1, 0.15) is 5.82 Å². The second-order valence-electron chi connectivity index (χ2n) is 4.29. The van der Waals surface area contributed by atoms with E-state index in [1.165, 1.54) is 30.6 Å². The Morgan fingerprint density at radius 1 is 1.24 bits per heavy atom. The summed E-state index contributed by atoms with van der Waals surface area (Å²) < 4.78 is 12.9. The summed E-state index contributed by atoms with van der Waals surface area (Å²) in [6.45, 7) is 3.09. The normalized spacial score (nSPS) is 10.8. The van der Waals surface area contributed by atoms with Crippen LogP contribution in [0.2, 0.25) is 0 Å². The van der Waals surface area contributed by atoms with E-state index in [4.69, 9.17) is 0 Å². The molecule has 17 heavy (non-hydrogen) atoms. The number of benzene rings is 1. The zero-order valence-corrected chi connectivity index (χ0v) is 11.6. The Morgan fingerprint density at radius 2 is 2.06 bits per heavy atom. The van der Waals surface area contributed by atoms with Gasteiger partial charge in [-0.15, -0.1) is 0 Å². The van der Waals surface area contributed by atoms with Crippen molar-refractivity contribution in [3.63, 3.8) is 0 Å². The van der Waals surface area contributed by atoms with E-state index >= 15 is 0 Å². The molecule has 0 aliphatic heterocycles. The van der Waals surface area contributed by atoms with Crippen molar-refractivity contribution < 1.29 is 4.39 Å². The van der Waals surface area contributed by atoms with Crippen molar-refractivity contribution in [3.05, 3.63) is 35.1 Å². The smallest absolute Gasteiger partial charge is 0.123 e. The van der Waals surface area contributed by atoms with E-state index in [1.54, 1.807) is 12.1 Å². The Labute approximate surface area is 108 Å². The fraction of sp³-hybridized carbons (Fsp3) is 0.571. The highest BCUT2D eigenvalue weighted by molar-refractivity contribution is 7.98. The third-order valence-corrected chi connectivity index (χ3v) is 3.87. The number of rotatable bonds is 8. The van der Waals surface area contributed by atoms with Crippen LogP contribution in [0, 0.1) is 12.7 Å². The molecule has 0 radical (unpaired) electrons. The molecule has 1 nitrogen and oxygen atoms in total. The van der Waals surface area contributed by atoms with E-state index in [0.29, 0.717) is 0 Å². The maximum atomic E-state index is 12.9. The van der Waals surface area contributed by atoms with Crippen molar-refractivity contribution in [1.82, 2.24) is 5.32 Å². The first-order valence-electron chi connectivity index (χ1n) is 6.21. The van der Waals surface area contributed by atoms with Crippen LogP contribution in [0.1, 0.15) is 30.4 Å². The highest BCUT2D eigenvalue weighted by Crippen LogP contribution is 2.18. The van der Waals surface area contributed by atoms with Gasteiger partial charge in [0.2, 0.25) is 0 Å². The summed E-state index contributed by atoms with van der Waals surface area (Å²) in [5.41, 5.74) is 2.32. The lowest BCUT2D eigenvalue weighted by atomic mass is 10.1. The lowest BCUT2D eigenvalue weighted by molar-refractivity contribution is 0.626. The molecule has 0 aliphatic carbocycles. The molecule has 0 bridgehead atoms. The van der Waals surface area contributed by atoms with E-state index in [9.17, 15) is 4.39 Å². The van der Waals surface area contributed by atoms with E-state index < -0.39 is 0 Å². The van der Waals surface area contributed by atoms with E-state index in [1.807, 2.05) is 31.8 Å². The van der Waals surface area contributed by atoms with Crippen LogP contribution < -0.4 is 5.32 Å². The van der Waals surface area contributed by atoms with Gasteiger partial charge in [-0.3, -0.25) is 0 Å². The SMILES string of the molecule is CNCCCCCSCc1ccc(F)cc1C. The molecule has 1 N–H and O–H groups in total. The van der Waals surface area contributed by atoms with E-state index in [0.717, 1.165) is 17.9 Å². The quantitative estimate of drug-likeness (QED) is 0.710. The summed E-state index contributed by atoms with van der Waals surface area (Å²) in [5.74, 6) is 2.06. The van der Waals surface area contributed by atoms with Gasteiger partial charge in [-0.2, -0.15) is 11.8 Å². The van der Waals surface area contributed by atoms with Gasteiger partial charge in [0.25, 0.3) is 0 Å². The summed E-state index contributed by atoms with van der Waals surface area (Å²) in [6.07, 6.45) is 3.81. The molecular weight excluding hydrogens is 233 g/mol. The summed E-state index contributed by atoms with van der Waals surface area (Å²) >= 11 is 1.94. The maximum absolute atomic E-state index is 12.9. The van der Waals surface area contributed by atoms with E-state index in [2.05, 4.69) is 5.32 Å². The van der Waals surface area contributed by atoms with Crippen molar-refractivity contribution in [2.45, 2.75) is 31.9 Å². The topological polar surface area (TPSA) is 12.0 Å². The standard InChI is InChI=1S/C14H22FNS/c1-12-10-14(15)7-6-13(12)11-17-9-5-3-4-8-16-2/h6-7,10,16H,3-5,8-9,11H2,1-2H3. The van der Waals surface area contributed by atoms with Gasteiger partial charge in [-0.05, 0) is 62.4 Å². The summed E-state index contributed by atoms with van der Waals surface area (Å²) in [6, 6.07) is 5.07. The van der Waals surface area contributed by atoms with Crippen LogP contribution >= 0.6 is 11.8 Å². The van der Waals surface area contributed by atoms with Crippen LogP contribution in [0.15, 0.2) is 18.2 Å². The predicted molar refractivity (Wildman–Crippen MR) is 75.1 cm³/mol. The summed E-state index contributed by atoms with van der Waals surface area (Å²) in [7, 11) is 1.99. The molecule has 0 aliphatic rings. The fourth-order valence-electron chi connectivity index (χ4n) is 1.69. The first-order chi connectivity index (χ1) is 8.24. The predicted octanol–water partition coefficient (Wildman–Crippen LogP) is 3.76. The van der Waals surface area contributed by atoms with Gasteiger partial charge < -0.3 is 5.32 Å². The fourth-order valence-corrected chi connectivity index (χ4v) is 2.78. The Morgan fingerprint density at radius 3 is 2.76 bits per heavy atom. The monoisotopic (exact) mass is 255 g/mol. The number of unbranched alkanes of at least 4 members (excludes halogenated alkanes) is 2. The molecular formula is C14H22FNS. The van der Waals surface area contributed by atoms with Crippen molar-refractivity contribution in [2.24, 2.45) is 0 Å². The van der Waals surface area contributed by atoms with Crippen LogP contribution in [0.4, 0.5) is 4.39 Å². The van der Waals surface area contributed by atoms with Gasteiger partial charge in [0, 0.05) is 5.75 Å². The Kier molecular flexibility index (Phi) is 7.29. The second kappa shape index (κ2) is 8.54. The average molecular weight is 255 g/mol. The molecule has 0 saturated heterocycles. The summed E-state index contributed by atoms with van der Waals surface area (Å²) in [4.78, 5) is 0. The van der Waals surface area contributed by atoms with Crippen LogP contribution in [-0.2, 0) is 5.75 Å². The lowest BCUT2D eigenvalue weighted by Gasteiger charge is -2.06. The average Bonchev–Trinajstić information content (AvgIpc) is 2.30. The van der Waals surface area contributed by atoms with Gasteiger partial charge in [-0.25, -0.2) is 4.39 Å². The molecule has 96 valence electrons. The van der Waals surface area contributed by atoms with Crippen molar-refractivity contribution in [1.29, 1.82) is 0 Å². The molecule has 0 fully saturated rings. The minimum Gasteiger partial charge on any atom is -0.320 e. The molecule has 0 spiro atoms.